The van der Waals surface area contributed by atoms with Crippen LogP contribution in [0.5, 0.6) is 0 Å². The number of hydrogen-bond acceptors (Lipinski definition) is 2. The van der Waals surface area contributed by atoms with Crippen molar-refractivity contribution in [2.75, 3.05) is 0 Å². The van der Waals surface area contributed by atoms with Gasteiger partial charge in [0.05, 0.1) is 11.6 Å². The highest BCUT2D eigenvalue weighted by atomic mass is 31.2. The number of furan rings is 1. The van der Waals surface area contributed by atoms with E-state index in [-0.39, 0.29) is 0 Å². The molecule has 0 aliphatic rings. The lowest BCUT2D eigenvalue weighted by Crippen LogP contribution is -2.32. The third kappa shape index (κ3) is 3.42. The summed E-state index contributed by atoms with van der Waals surface area (Å²) in [5, 5.41) is 14.4. The van der Waals surface area contributed by atoms with E-state index in [1.807, 2.05) is 18.2 Å². The molecule has 0 spiro atoms. The molecule has 0 atom stereocenters. The van der Waals surface area contributed by atoms with Crippen LogP contribution < -0.4 is 15.9 Å². The molecule has 5 aromatic rings. The molecule has 0 amide bonds. The van der Waals surface area contributed by atoms with Gasteiger partial charge in [-0.25, -0.2) is 0 Å². The first-order valence-corrected chi connectivity index (χ1v) is 12.7. The van der Waals surface area contributed by atoms with Gasteiger partial charge in [0.2, 0.25) is 0 Å². The van der Waals surface area contributed by atoms with Gasteiger partial charge in [-0.1, -0.05) is 54.6 Å². The molecule has 0 saturated heterocycles. The monoisotopic (exact) mass is 432 g/mol. The van der Waals surface area contributed by atoms with Gasteiger partial charge < -0.3 is 4.42 Å². The van der Waals surface area contributed by atoms with Crippen molar-refractivity contribution in [1.29, 1.82) is 5.26 Å². The Bertz CT molecular complexity index is 1300. The predicted octanol–water partition coefficient (Wildman–Crippen LogP) is 6.11. The molecule has 0 fully saturated rings. The largest absolute Gasteiger partial charge is 0.457 e. The minimum Gasteiger partial charge on any atom is -0.457 e. The Labute approximate surface area is 189 Å². The summed E-state index contributed by atoms with van der Waals surface area (Å²) in [5.41, 5.74) is 2.61. The molecule has 1 heterocycles. The summed E-state index contributed by atoms with van der Waals surface area (Å²) in [4.78, 5) is 0. The Morgan fingerprint density at radius 2 is 1.22 bits per heavy atom. The fourth-order valence-corrected chi connectivity index (χ4v) is 8.69. The van der Waals surface area contributed by atoms with E-state index in [1.165, 1.54) is 15.9 Å². The molecule has 0 N–H and O–H groups in total. The number of rotatable bonds is 5. The minimum atomic E-state index is -2.03. The number of aryl methyl sites for hydroxylation is 1. The standard InChI is InChI=1S/C29H23NOP/c1-22-27-19-23(20-30)17-18-28(27)31-29(22)21-32(24-11-5-2-6-12-24,25-13-7-3-8-14-25)26-15-9-4-10-16-26/h2-19H,21H2,1H3/q+1. The molecule has 1 aromatic heterocycles. The van der Waals surface area contributed by atoms with Crippen LogP contribution in [0.15, 0.2) is 114 Å². The molecule has 0 aliphatic carbocycles. The van der Waals surface area contributed by atoms with Crippen LogP contribution in [-0.4, -0.2) is 0 Å². The van der Waals surface area contributed by atoms with Crippen LogP contribution in [0.2, 0.25) is 0 Å². The van der Waals surface area contributed by atoms with Crippen LogP contribution in [-0.2, 0) is 6.16 Å². The molecule has 0 aliphatic heterocycles. The molecule has 3 heteroatoms. The van der Waals surface area contributed by atoms with E-state index in [0.29, 0.717) is 5.56 Å². The Hall–Kier alpha value is -3.66. The summed E-state index contributed by atoms with van der Waals surface area (Å²) in [6.07, 6.45) is 0.785. The zero-order valence-electron chi connectivity index (χ0n) is 17.9. The number of hydrogen-bond donors (Lipinski definition) is 0. The Balaban J connectivity index is 1.79. The van der Waals surface area contributed by atoms with Gasteiger partial charge in [-0.15, -0.1) is 0 Å². The Kier molecular flexibility index (Phi) is 5.36. The molecule has 0 saturated carbocycles. The number of nitrogens with zero attached hydrogens (tertiary/aromatic N) is 1. The number of benzene rings is 4. The predicted molar refractivity (Wildman–Crippen MR) is 135 cm³/mol. The summed E-state index contributed by atoms with van der Waals surface area (Å²) in [6, 6.07) is 40.4. The van der Waals surface area contributed by atoms with Crippen LogP contribution >= 0.6 is 7.26 Å². The molecule has 2 nitrogen and oxygen atoms in total. The van der Waals surface area contributed by atoms with Gasteiger partial charge in [0, 0.05) is 10.9 Å². The Morgan fingerprint density at radius 1 is 0.719 bits per heavy atom. The van der Waals surface area contributed by atoms with Gasteiger partial charge in [-0.2, -0.15) is 5.26 Å². The van der Waals surface area contributed by atoms with Crippen molar-refractivity contribution in [2.24, 2.45) is 0 Å². The van der Waals surface area contributed by atoms with Crippen molar-refractivity contribution in [3.8, 4) is 6.07 Å². The van der Waals surface area contributed by atoms with Gasteiger partial charge >= 0.3 is 0 Å². The van der Waals surface area contributed by atoms with Gasteiger partial charge in [-0.3, -0.25) is 0 Å². The molecule has 5 rings (SSSR count). The molecule has 32 heavy (non-hydrogen) atoms. The number of nitriles is 1. The lowest BCUT2D eigenvalue weighted by atomic mass is 10.1. The maximum Gasteiger partial charge on any atom is 0.146 e. The van der Waals surface area contributed by atoms with Crippen molar-refractivity contribution in [1.82, 2.24) is 0 Å². The summed E-state index contributed by atoms with van der Waals surface area (Å²) in [6.45, 7) is 2.11. The molecule has 0 bridgehead atoms. The van der Waals surface area contributed by atoms with E-state index in [0.717, 1.165) is 28.5 Å². The average molecular weight is 432 g/mol. The summed E-state index contributed by atoms with van der Waals surface area (Å²) >= 11 is 0. The third-order valence-electron chi connectivity index (χ3n) is 6.14. The van der Waals surface area contributed by atoms with E-state index in [1.54, 1.807) is 0 Å². The first-order chi connectivity index (χ1) is 15.7. The van der Waals surface area contributed by atoms with Gasteiger partial charge in [0.25, 0.3) is 0 Å². The van der Waals surface area contributed by atoms with E-state index in [2.05, 4.69) is 104 Å². The van der Waals surface area contributed by atoms with Crippen molar-refractivity contribution in [3.63, 3.8) is 0 Å². The highest BCUT2D eigenvalue weighted by Crippen LogP contribution is 2.58. The molecule has 154 valence electrons. The van der Waals surface area contributed by atoms with Crippen molar-refractivity contribution >= 4 is 34.1 Å². The van der Waals surface area contributed by atoms with Gasteiger partial charge in [0.1, 0.15) is 40.7 Å². The molecule has 0 radical (unpaired) electrons. The van der Waals surface area contributed by atoms with E-state index < -0.39 is 7.26 Å². The normalized spacial score (nSPS) is 11.4. The second kappa shape index (κ2) is 8.46. The lowest BCUT2D eigenvalue weighted by molar-refractivity contribution is 0.569. The number of fused-ring (bicyclic) bond motifs is 1. The topological polar surface area (TPSA) is 36.9 Å². The van der Waals surface area contributed by atoms with Crippen LogP contribution in [0, 0.1) is 18.3 Å². The fourth-order valence-electron chi connectivity index (χ4n) is 4.48. The summed E-state index contributed by atoms with van der Waals surface area (Å²) in [5.74, 6) is 0.986. The van der Waals surface area contributed by atoms with Gasteiger partial charge in [-0.05, 0) is 61.5 Å². The van der Waals surface area contributed by atoms with E-state index >= 15 is 0 Å². The molecule has 4 aromatic carbocycles. The van der Waals surface area contributed by atoms with Crippen molar-refractivity contribution in [3.05, 3.63) is 126 Å². The van der Waals surface area contributed by atoms with E-state index in [9.17, 15) is 5.26 Å². The fraction of sp³-hybridized carbons (Fsp3) is 0.0690. The van der Waals surface area contributed by atoms with Crippen LogP contribution in [0.25, 0.3) is 11.0 Å². The maximum absolute atomic E-state index is 9.35. The second-order valence-electron chi connectivity index (χ2n) is 7.95. The van der Waals surface area contributed by atoms with Crippen LogP contribution in [0.3, 0.4) is 0 Å². The first kappa shape index (κ1) is 20.3. The maximum atomic E-state index is 9.35. The molecular weight excluding hydrogens is 409 g/mol. The highest BCUT2D eigenvalue weighted by Gasteiger charge is 2.46. The Morgan fingerprint density at radius 3 is 1.69 bits per heavy atom. The zero-order chi connectivity index (χ0) is 22.0. The lowest BCUT2D eigenvalue weighted by Gasteiger charge is -2.27. The highest BCUT2D eigenvalue weighted by molar-refractivity contribution is 7.95. The molecular formula is C29H23NOP+. The average Bonchev–Trinajstić information content (AvgIpc) is 3.18. The van der Waals surface area contributed by atoms with Crippen LogP contribution in [0.1, 0.15) is 16.9 Å². The summed E-state index contributed by atoms with van der Waals surface area (Å²) in [7, 11) is -2.03. The van der Waals surface area contributed by atoms with Gasteiger partial charge in [0.15, 0.2) is 0 Å². The van der Waals surface area contributed by atoms with Crippen LogP contribution in [0.4, 0.5) is 0 Å². The first-order valence-electron chi connectivity index (χ1n) is 10.7. The SMILES string of the molecule is Cc1c(C[P+](c2ccccc2)(c2ccccc2)c2ccccc2)oc2ccc(C#N)cc12. The smallest absolute Gasteiger partial charge is 0.146 e. The minimum absolute atomic E-state index is 0.656. The molecule has 0 unspecified atom stereocenters. The second-order valence-corrected chi connectivity index (χ2v) is 11.4. The quantitative estimate of drug-likeness (QED) is 0.314. The third-order valence-corrected chi connectivity index (χ3v) is 10.4. The van der Waals surface area contributed by atoms with Crippen molar-refractivity contribution in [2.45, 2.75) is 13.1 Å². The van der Waals surface area contributed by atoms with Crippen molar-refractivity contribution < 1.29 is 4.42 Å². The zero-order valence-corrected chi connectivity index (χ0v) is 18.8. The van der Waals surface area contributed by atoms with E-state index in [4.69, 9.17) is 4.42 Å². The summed E-state index contributed by atoms with van der Waals surface area (Å²) < 4.78 is 6.44.